The molecule has 0 spiro atoms. The monoisotopic (exact) mass is 182 g/mol. The Labute approximate surface area is 77.4 Å². The van der Waals surface area contributed by atoms with Crippen LogP contribution in [-0.4, -0.2) is 17.7 Å². The van der Waals surface area contributed by atoms with Crippen molar-refractivity contribution in [1.29, 1.82) is 0 Å². The van der Waals surface area contributed by atoms with E-state index >= 15 is 0 Å². The second-order valence-corrected chi connectivity index (χ2v) is 3.77. The Morgan fingerprint density at radius 3 is 2.46 bits per heavy atom. The van der Waals surface area contributed by atoms with E-state index in [2.05, 4.69) is 0 Å². The van der Waals surface area contributed by atoms with Gasteiger partial charge in [0.25, 0.3) is 0 Å². The molecule has 0 bridgehead atoms. The molecule has 1 heterocycles. The lowest BCUT2D eigenvalue weighted by Gasteiger charge is -2.20. The molecular formula is C10H14O3. The van der Waals surface area contributed by atoms with Gasteiger partial charge in [-0.3, -0.25) is 0 Å². The fourth-order valence-electron chi connectivity index (χ4n) is 2.20. The largest absolute Gasteiger partial charge is 0.508 e. The van der Waals surface area contributed by atoms with Crippen molar-refractivity contribution in [2.75, 3.05) is 6.61 Å². The third-order valence-electron chi connectivity index (χ3n) is 2.88. The van der Waals surface area contributed by atoms with Crippen molar-refractivity contribution >= 4 is 5.97 Å². The number of cyclic esters (lactones) is 1. The first-order valence-electron chi connectivity index (χ1n) is 4.88. The molecule has 0 aromatic heterocycles. The van der Waals surface area contributed by atoms with Crippen LogP contribution in [0.15, 0.2) is 11.3 Å². The van der Waals surface area contributed by atoms with Gasteiger partial charge in [-0.1, -0.05) is 19.3 Å². The van der Waals surface area contributed by atoms with Crippen LogP contribution in [-0.2, 0) is 9.53 Å². The Bertz CT molecular complexity index is 249. The van der Waals surface area contributed by atoms with Gasteiger partial charge in [0.1, 0.15) is 12.4 Å². The highest BCUT2D eigenvalue weighted by Gasteiger charge is 2.32. The van der Waals surface area contributed by atoms with Gasteiger partial charge in [0.2, 0.25) is 0 Å². The Morgan fingerprint density at radius 1 is 1.23 bits per heavy atom. The molecule has 2 aliphatic rings. The number of carbonyl (C=O) groups excluding carboxylic acids is 1. The minimum Gasteiger partial charge on any atom is -0.508 e. The number of rotatable bonds is 1. The molecular weight excluding hydrogens is 168 g/mol. The number of carbonyl (C=O) groups is 1. The fraction of sp³-hybridized carbons (Fsp3) is 0.700. The Hall–Kier alpha value is -0.990. The number of esters is 1. The lowest BCUT2D eigenvalue weighted by molar-refractivity contribution is -0.136. The van der Waals surface area contributed by atoms with E-state index in [0.717, 1.165) is 25.7 Å². The summed E-state index contributed by atoms with van der Waals surface area (Å²) in [5.41, 5.74) is 0.555. The molecule has 0 radical (unpaired) electrons. The number of aliphatic hydroxyl groups is 1. The van der Waals surface area contributed by atoms with Gasteiger partial charge in [0, 0.05) is 0 Å². The Balaban J connectivity index is 2.13. The normalized spacial score (nSPS) is 25.1. The summed E-state index contributed by atoms with van der Waals surface area (Å²) in [7, 11) is 0. The summed E-state index contributed by atoms with van der Waals surface area (Å²) >= 11 is 0. The third-order valence-corrected chi connectivity index (χ3v) is 2.88. The molecule has 13 heavy (non-hydrogen) atoms. The highest BCUT2D eigenvalue weighted by molar-refractivity contribution is 5.91. The molecule has 72 valence electrons. The second kappa shape index (κ2) is 3.40. The van der Waals surface area contributed by atoms with E-state index in [1.165, 1.54) is 6.42 Å². The van der Waals surface area contributed by atoms with Crippen LogP contribution in [0.4, 0.5) is 0 Å². The first kappa shape index (κ1) is 8.60. The van der Waals surface area contributed by atoms with E-state index in [0.29, 0.717) is 5.57 Å². The predicted molar refractivity (Wildman–Crippen MR) is 47.2 cm³/mol. The molecule has 0 atom stereocenters. The molecule has 0 saturated heterocycles. The topological polar surface area (TPSA) is 46.5 Å². The predicted octanol–water partition coefficient (Wildman–Crippen LogP) is 1.94. The van der Waals surface area contributed by atoms with Crippen molar-refractivity contribution in [3.8, 4) is 0 Å². The van der Waals surface area contributed by atoms with Gasteiger partial charge in [-0.2, -0.15) is 0 Å². The van der Waals surface area contributed by atoms with Gasteiger partial charge >= 0.3 is 5.97 Å². The Kier molecular flexibility index (Phi) is 2.25. The number of ether oxygens (including phenoxy) is 1. The molecule has 1 saturated carbocycles. The van der Waals surface area contributed by atoms with E-state index < -0.39 is 0 Å². The highest BCUT2D eigenvalue weighted by Crippen LogP contribution is 2.33. The molecule has 0 amide bonds. The maximum atomic E-state index is 11.2. The summed E-state index contributed by atoms with van der Waals surface area (Å²) in [5, 5.41) is 9.45. The van der Waals surface area contributed by atoms with Crippen molar-refractivity contribution in [2.45, 2.75) is 32.1 Å². The van der Waals surface area contributed by atoms with E-state index in [4.69, 9.17) is 4.74 Å². The van der Waals surface area contributed by atoms with Crippen LogP contribution >= 0.6 is 0 Å². The average molecular weight is 182 g/mol. The van der Waals surface area contributed by atoms with Gasteiger partial charge in [0.15, 0.2) is 0 Å². The van der Waals surface area contributed by atoms with Gasteiger partial charge in [-0.25, -0.2) is 4.79 Å². The molecule has 0 aromatic carbocycles. The summed E-state index contributed by atoms with van der Waals surface area (Å²) in [5.74, 6) is 0.116. The van der Waals surface area contributed by atoms with Gasteiger partial charge in [-0.05, 0) is 18.8 Å². The lowest BCUT2D eigenvalue weighted by Crippen LogP contribution is -2.14. The van der Waals surface area contributed by atoms with Crippen molar-refractivity contribution in [1.82, 2.24) is 0 Å². The van der Waals surface area contributed by atoms with E-state index in [-0.39, 0.29) is 24.3 Å². The quantitative estimate of drug-likeness (QED) is 0.630. The van der Waals surface area contributed by atoms with Gasteiger partial charge in [0.05, 0.1) is 5.57 Å². The molecule has 0 unspecified atom stereocenters. The molecule has 1 fully saturated rings. The maximum Gasteiger partial charge on any atom is 0.338 e. The molecule has 1 N–H and O–H groups in total. The number of aliphatic hydroxyl groups excluding tert-OH is 1. The van der Waals surface area contributed by atoms with Crippen LogP contribution in [0.2, 0.25) is 0 Å². The first-order valence-corrected chi connectivity index (χ1v) is 4.88. The standard InChI is InChI=1S/C10H14O3/c11-8-6-13-10(12)9(8)7-4-2-1-3-5-7/h7,11H,1-6H2. The van der Waals surface area contributed by atoms with Gasteiger partial charge < -0.3 is 9.84 Å². The smallest absolute Gasteiger partial charge is 0.338 e. The van der Waals surface area contributed by atoms with Crippen LogP contribution < -0.4 is 0 Å². The van der Waals surface area contributed by atoms with E-state index in [9.17, 15) is 9.90 Å². The summed E-state index contributed by atoms with van der Waals surface area (Å²) in [6.45, 7) is 0.0880. The number of hydrogen-bond donors (Lipinski definition) is 1. The third kappa shape index (κ3) is 1.55. The highest BCUT2D eigenvalue weighted by atomic mass is 16.5. The molecule has 3 heteroatoms. The molecule has 1 aliphatic heterocycles. The van der Waals surface area contributed by atoms with Crippen LogP contribution in [0.1, 0.15) is 32.1 Å². The van der Waals surface area contributed by atoms with Crippen LogP contribution in [0, 0.1) is 5.92 Å². The summed E-state index contributed by atoms with van der Waals surface area (Å²) in [6, 6.07) is 0. The SMILES string of the molecule is O=C1OCC(O)=C1C1CCCCC1. The zero-order chi connectivity index (χ0) is 9.26. The fourth-order valence-corrected chi connectivity index (χ4v) is 2.20. The molecule has 1 aliphatic carbocycles. The van der Waals surface area contributed by atoms with Crippen LogP contribution in [0.3, 0.4) is 0 Å². The molecule has 2 rings (SSSR count). The van der Waals surface area contributed by atoms with E-state index in [1.54, 1.807) is 0 Å². The Morgan fingerprint density at radius 2 is 1.92 bits per heavy atom. The summed E-state index contributed by atoms with van der Waals surface area (Å²) in [4.78, 5) is 11.2. The second-order valence-electron chi connectivity index (χ2n) is 3.77. The maximum absolute atomic E-state index is 11.2. The molecule has 0 aromatic rings. The van der Waals surface area contributed by atoms with Crippen molar-refractivity contribution in [3.05, 3.63) is 11.3 Å². The average Bonchev–Trinajstić information content (AvgIpc) is 2.48. The zero-order valence-corrected chi connectivity index (χ0v) is 7.58. The van der Waals surface area contributed by atoms with Crippen LogP contribution in [0.5, 0.6) is 0 Å². The number of hydrogen-bond acceptors (Lipinski definition) is 3. The zero-order valence-electron chi connectivity index (χ0n) is 7.58. The van der Waals surface area contributed by atoms with Crippen LogP contribution in [0.25, 0.3) is 0 Å². The van der Waals surface area contributed by atoms with Crippen molar-refractivity contribution < 1.29 is 14.6 Å². The minimum atomic E-state index is -0.301. The lowest BCUT2D eigenvalue weighted by atomic mass is 9.83. The van der Waals surface area contributed by atoms with Crippen molar-refractivity contribution in [2.24, 2.45) is 5.92 Å². The minimum absolute atomic E-state index is 0.0880. The first-order chi connectivity index (χ1) is 6.29. The molecule has 3 nitrogen and oxygen atoms in total. The van der Waals surface area contributed by atoms with E-state index in [1.807, 2.05) is 0 Å². The summed E-state index contributed by atoms with van der Waals surface area (Å²) < 4.78 is 4.77. The van der Waals surface area contributed by atoms with Crippen molar-refractivity contribution in [3.63, 3.8) is 0 Å². The van der Waals surface area contributed by atoms with Gasteiger partial charge in [-0.15, -0.1) is 0 Å². The summed E-state index contributed by atoms with van der Waals surface area (Å²) in [6.07, 6.45) is 5.62.